The summed E-state index contributed by atoms with van der Waals surface area (Å²) in [5.41, 5.74) is 1.36. The lowest BCUT2D eigenvalue weighted by molar-refractivity contribution is 0.0997. The van der Waals surface area contributed by atoms with E-state index in [-0.39, 0.29) is 24.3 Å². The number of carbonyl (C=O) groups is 1. The summed E-state index contributed by atoms with van der Waals surface area (Å²) in [6.07, 6.45) is 4.12. The van der Waals surface area contributed by atoms with E-state index in [4.69, 9.17) is 21.1 Å². The summed E-state index contributed by atoms with van der Waals surface area (Å²) in [7, 11) is 0. The minimum atomic E-state index is -0.468. The third-order valence-electron chi connectivity index (χ3n) is 5.58. The number of nitrogens with one attached hydrogen (secondary N) is 2. The lowest BCUT2D eigenvalue weighted by atomic mass is 9.94. The third-order valence-corrected chi connectivity index (χ3v) is 5.89. The van der Waals surface area contributed by atoms with Crippen LogP contribution in [-0.2, 0) is 0 Å². The fourth-order valence-electron chi connectivity index (χ4n) is 3.77. The molecule has 3 N–H and O–H groups in total. The van der Waals surface area contributed by atoms with Gasteiger partial charge in [0.1, 0.15) is 5.82 Å². The number of hydrogen-bond donors (Lipinski definition) is 3. The van der Waals surface area contributed by atoms with Gasteiger partial charge in [0.2, 0.25) is 17.7 Å². The van der Waals surface area contributed by atoms with Crippen LogP contribution in [0.1, 0.15) is 41.2 Å². The first-order valence-corrected chi connectivity index (χ1v) is 11.2. The van der Waals surface area contributed by atoms with Gasteiger partial charge in [0.15, 0.2) is 0 Å². The van der Waals surface area contributed by atoms with Crippen LogP contribution in [0.15, 0.2) is 28.8 Å². The minimum absolute atomic E-state index is 0.0220. The van der Waals surface area contributed by atoms with E-state index in [1.165, 1.54) is 6.20 Å². The van der Waals surface area contributed by atoms with Crippen LogP contribution in [0.3, 0.4) is 0 Å². The van der Waals surface area contributed by atoms with Crippen molar-refractivity contribution < 1.29 is 14.3 Å². The average Bonchev–Trinajstić information content (AvgIpc) is 3.25. The number of para-hydroxylation sites is 1. The van der Waals surface area contributed by atoms with Gasteiger partial charge in [0, 0.05) is 19.7 Å². The van der Waals surface area contributed by atoms with Crippen molar-refractivity contribution in [3.8, 4) is 0 Å². The molecule has 174 valence electrons. The van der Waals surface area contributed by atoms with Crippen molar-refractivity contribution in [1.82, 2.24) is 19.9 Å². The van der Waals surface area contributed by atoms with E-state index in [2.05, 4.69) is 35.5 Å². The summed E-state index contributed by atoms with van der Waals surface area (Å²) in [6.45, 7) is 5.49. The number of piperidine rings is 1. The molecule has 11 heteroatoms. The van der Waals surface area contributed by atoms with Crippen molar-refractivity contribution in [3.05, 3.63) is 46.6 Å². The molecule has 1 aromatic carbocycles. The highest BCUT2D eigenvalue weighted by Crippen LogP contribution is 2.27. The molecular formula is C22H26ClN7O3. The van der Waals surface area contributed by atoms with Crippen molar-refractivity contribution >= 4 is 41.1 Å². The molecule has 0 unspecified atom stereocenters. The van der Waals surface area contributed by atoms with Crippen LogP contribution in [0.5, 0.6) is 0 Å². The van der Waals surface area contributed by atoms with Gasteiger partial charge in [0.25, 0.3) is 5.91 Å². The molecule has 2 aromatic heterocycles. The van der Waals surface area contributed by atoms with E-state index < -0.39 is 5.91 Å². The Morgan fingerprint density at radius 2 is 2.03 bits per heavy atom. The van der Waals surface area contributed by atoms with Gasteiger partial charge in [-0.25, -0.2) is 4.98 Å². The molecule has 0 spiro atoms. The van der Waals surface area contributed by atoms with Crippen molar-refractivity contribution in [1.29, 1.82) is 0 Å². The van der Waals surface area contributed by atoms with E-state index in [1.54, 1.807) is 13.0 Å². The molecule has 1 saturated heterocycles. The SMILES string of the molecule is Cc1nc(Nc2ncc(C(=O)Nc3c(C)cccc3Cl)o2)nc(N2CCC(CCO)CC2)n1. The number of aliphatic hydroxyl groups excluding tert-OH is 1. The molecule has 33 heavy (non-hydrogen) atoms. The highest BCUT2D eigenvalue weighted by Gasteiger charge is 2.22. The molecule has 1 fully saturated rings. The molecule has 0 aliphatic carbocycles. The Balaban J connectivity index is 1.43. The maximum absolute atomic E-state index is 12.6. The van der Waals surface area contributed by atoms with E-state index in [0.29, 0.717) is 28.4 Å². The topological polar surface area (TPSA) is 129 Å². The van der Waals surface area contributed by atoms with Crippen molar-refractivity contribution in [2.24, 2.45) is 5.92 Å². The summed E-state index contributed by atoms with van der Waals surface area (Å²) in [5.74, 6) is 1.49. The van der Waals surface area contributed by atoms with Gasteiger partial charge in [-0.2, -0.15) is 15.0 Å². The molecule has 0 atom stereocenters. The smallest absolute Gasteiger partial charge is 0.302 e. The van der Waals surface area contributed by atoms with Gasteiger partial charge in [-0.3, -0.25) is 10.1 Å². The summed E-state index contributed by atoms with van der Waals surface area (Å²) in [5, 5.41) is 15.2. The minimum Gasteiger partial charge on any atom is -0.418 e. The van der Waals surface area contributed by atoms with Crippen LogP contribution in [0, 0.1) is 19.8 Å². The number of carbonyl (C=O) groups excluding carboxylic acids is 1. The fourth-order valence-corrected chi connectivity index (χ4v) is 4.04. The average molecular weight is 472 g/mol. The van der Waals surface area contributed by atoms with Gasteiger partial charge in [0.05, 0.1) is 16.9 Å². The van der Waals surface area contributed by atoms with Crippen molar-refractivity contribution in [2.75, 3.05) is 35.2 Å². The second-order valence-corrected chi connectivity index (χ2v) is 8.40. The van der Waals surface area contributed by atoms with E-state index in [9.17, 15) is 4.79 Å². The summed E-state index contributed by atoms with van der Waals surface area (Å²) in [6, 6.07) is 5.46. The number of nitrogens with zero attached hydrogens (tertiary/aromatic N) is 5. The Labute approximate surface area is 196 Å². The number of halogens is 1. The number of aliphatic hydroxyl groups is 1. The van der Waals surface area contributed by atoms with E-state index in [0.717, 1.165) is 37.9 Å². The molecule has 0 saturated carbocycles. The number of oxazole rings is 1. The molecule has 1 amide bonds. The number of anilines is 4. The quantitative estimate of drug-likeness (QED) is 0.471. The predicted molar refractivity (Wildman–Crippen MR) is 125 cm³/mol. The zero-order chi connectivity index (χ0) is 23.4. The Hall–Kier alpha value is -3.24. The van der Waals surface area contributed by atoms with Gasteiger partial charge in [-0.1, -0.05) is 23.7 Å². The Bertz CT molecular complexity index is 1110. The van der Waals surface area contributed by atoms with Crippen LogP contribution in [0.4, 0.5) is 23.6 Å². The second kappa shape index (κ2) is 10.1. The molecule has 4 rings (SSSR count). The lowest BCUT2D eigenvalue weighted by Crippen LogP contribution is -2.35. The summed E-state index contributed by atoms with van der Waals surface area (Å²) in [4.78, 5) is 32.0. The fraction of sp³-hybridized carbons (Fsp3) is 0.409. The van der Waals surface area contributed by atoms with Crippen molar-refractivity contribution in [3.63, 3.8) is 0 Å². The largest absolute Gasteiger partial charge is 0.418 e. The van der Waals surface area contributed by atoms with Crippen LogP contribution in [0.2, 0.25) is 5.02 Å². The number of benzene rings is 1. The summed E-state index contributed by atoms with van der Waals surface area (Å²) >= 11 is 6.18. The molecular weight excluding hydrogens is 446 g/mol. The zero-order valence-electron chi connectivity index (χ0n) is 18.5. The standard InChI is InChI=1S/C22H26ClN7O3/c1-13-4-3-5-16(23)18(13)27-19(32)17-12-24-22(33-17)29-20-25-14(2)26-21(28-20)30-9-6-15(7-10-30)8-11-31/h3-5,12,15,31H,6-11H2,1-2H3,(H,27,32)(H,24,25,26,28,29). The molecule has 3 heterocycles. The maximum Gasteiger partial charge on any atom is 0.302 e. The van der Waals surface area contributed by atoms with E-state index in [1.807, 2.05) is 19.1 Å². The van der Waals surface area contributed by atoms with E-state index >= 15 is 0 Å². The number of aromatic nitrogens is 4. The van der Waals surface area contributed by atoms with Gasteiger partial charge in [-0.05, 0) is 50.7 Å². The Morgan fingerprint density at radius 3 is 2.76 bits per heavy atom. The Kier molecular flexibility index (Phi) is 7.05. The van der Waals surface area contributed by atoms with Crippen molar-refractivity contribution in [2.45, 2.75) is 33.1 Å². The van der Waals surface area contributed by atoms with Gasteiger partial charge < -0.3 is 19.7 Å². The normalized spacial score (nSPS) is 14.4. The Morgan fingerprint density at radius 1 is 1.24 bits per heavy atom. The highest BCUT2D eigenvalue weighted by atomic mass is 35.5. The molecule has 3 aromatic rings. The molecule has 0 bridgehead atoms. The lowest BCUT2D eigenvalue weighted by Gasteiger charge is -2.31. The molecule has 10 nitrogen and oxygen atoms in total. The molecule has 0 radical (unpaired) electrons. The summed E-state index contributed by atoms with van der Waals surface area (Å²) < 4.78 is 5.55. The highest BCUT2D eigenvalue weighted by molar-refractivity contribution is 6.34. The number of rotatable bonds is 7. The first-order chi connectivity index (χ1) is 15.9. The zero-order valence-corrected chi connectivity index (χ0v) is 19.3. The van der Waals surface area contributed by atoms with Crippen LogP contribution in [-0.4, -0.2) is 50.6 Å². The number of hydrogen-bond acceptors (Lipinski definition) is 9. The molecule has 1 aliphatic heterocycles. The van der Waals surface area contributed by atoms with Crippen LogP contribution in [0.25, 0.3) is 0 Å². The van der Waals surface area contributed by atoms with Gasteiger partial charge >= 0.3 is 6.01 Å². The van der Waals surface area contributed by atoms with Gasteiger partial charge in [-0.15, -0.1) is 0 Å². The predicted octanol–water partition coefficient (Wildman–Crippen LogP) is 3.72. The maximum atomic E-state index is 12.6. The van der Waals surface area contributed by atoms with Crippen LogP contribution < -0.4 is 15.5 Å². The number of amides is 1. The number of aryl methyl sites for hydroxylation is 2. The first kappa shape index (κ1) is 22.9. The second-order valence-electron chi connectivity index (χ2n) is 7.99. The molecule has 1 aliphatic rings. The monoisotopic (exact) mass is 471 g/mol. The first-order valence-electron chi connectivity index (χ1n) is 10.8. The third kappa shape index (κ3) is 5.58. The van der Waals surface area contributed by atoms with Crippen LogP contribution >= 0.6 is 11.6 Å².